The predicted octanol–water partition coefficient (Wildman–Crippen LogP) is 3.74. The third-order valence-corrected chi connectivity index (χ3v) is 4.90. The quantitative estimate of drug-likeness (QED) is 0.804. The van der Waals surface area contributed by atoms with E-state index in [0.717, 1.165) is 16.7 Å². The molecule has 0 saturated carbocycles. The molecule has 4 nitrogen and oxygen atoms in total. The first-order chi connectivity index (χ1) is 12.5. The lowest BCUT2D eigenvalue weighted by molar-refractivity contribution is -0.140. The molecular weight excluding hydrogens is 348 g/mol. The molecule has 0 fully saturated rings. The minimum atomic E-state index is -0.519. The molecule has 0 bridgehead atoms. The van der Waals surface area contributed by atoms with Gasteiger partial charge >= 0.3 is 0 Å². The molecule has 0 aliphatic heterocycles. The van der Waals surface area contributed by atoms with Crippen LogP contribution in [0.1, 0.15) is 30.0 Å². The maximum absolute atomic E-state index is 13.1. The Kier molecular flexibility index (Phi) is 7.22. The van der Waals surface area contributed by atoms with E-state index in [9.17, 15) is 9.59 Å². The number of carbonyl (C=O) groups excluding carboxylic acids is 2. The van der Waals surface area contributed by atoms with Crippen LogP contribution in [-0.4, -0.2) is 29.8 Å². The van der Waals surface area contributed by atoms with Crippen LogP contribution in [0, 0.1) is 6.92 Å². The number of aryl methyl sites for hydroxylation is 1. The molecule has 0 aliphatic rings. The fourth-order valence-corrected chi connectivity index (χ4v) is 3.17. The van der Waals surface area contributed by atoms with Crippen LogP contribution in [0.15, 0.2) is 48.5 Å². The lowest BCUT2D eigenvalue weighted by Gasteiger charge is -2.31. The number of nitrogens with zero attached hydrogens (tertiary/aromatic N) is 1. The summed E-state index contributed by atoms with van der Waals surface area (Å²) in [6.07, 6.45) is 0.707. The summed E-state index contributed by atoms with van der Waals surface area (Å²) >= 11 is 6.21. The van der Waals surface area contributed by atoms with E-state index in [4.69, 9.17) is 11.6 Å². The summed E-state index contributed by atoms with van der Waals surface area (Å²) in [5.74, 6) is -0.273. The van der Waals surface area contributed by atoms with E-state index in [1.807, 2.05) is 56.3 Å². The van der Waals surface area contributed by atoms with Crippen molar-refractivity contribution in [3.8, 4) is 0 Å². The largest absolute Gasteiger partial charge is 0.357 e. The van der Waals surface area contributed by atoms with Gasteiger partial charge in [-0.25, -0.2) is 0 Å². The number of rotatable bonds is 7. The predicted molar refractivity (Wildman–Crippen MR) is 105 cm³/mol. The molecule has 138 valence electrons. The van der Waals surface area contributed by atoms with E-state index in [1.54, 1.807) is 18.0 Å². The molecule has 26 heavy (non-hydrogen) atoms. The number of carbonyl (C=O) groups is 2. The summed E-state index contributed by atoms with van der Waals surface area (Å²) in [6, 6.07) is 14.7. The standard InChI is InChI=1S/C21H25ClN2O2/c1-4-19(21(26)23-3)24(14-17-11-6-5-9-15(17)2)20(25)13-16-10-7-8-12-18(16)22/h5-12,19H,4,13-14H2,1-3H3,(H,23,26)/t19-/m0/s1. The number of hydrogen-bond acceptors (Lipinski definition) is 2. The first kappa shape index (κ1) is 20.0. The van der Waals surface area contributed by atoms with Crippen molar-refractivity contribution < 1.29 is 9.59 Å². The van der Waals surface area contributed by atoms with Gasteiger partial charge in [-0.15, -0.1) is 0 Å². The minimum absolute atomic E-state index is 0.114. The van der Waals surface area contributed by atoms with Gasteiger partial charge in [-0.05, 0) is 36.1 Å². The average Bonchev–Trinajstić information content (AvgIpc) is 2.64. The highest BCUT2D eigenvalue weighted by molar-refractivity contribution is 6.31. The van der Waals surface area contributed by atoms with Crippen molar-refractivity contribution >= 4 is 23.4 Å². The Balaban J connectivity index is 2.32. The molecule has 0 aliphatic carbocycles. The van der Waals surface area contributed by atoms with E-state index in [0.29, 0.717) is 18.0 Å². The zero-order valence-electron chi connectivity index (χ0n) is 15.5. The number of likely N-dealkylation sites (N-methyl/N-ethyl adjacent to an activating group) is 1. The molecule has 1 atom stereocenters. The number of nitrogens with one attached hydrogen (secondary N) is 1. The van der Waals surface area contributed by atoms with Gasteiger partial charge in [-0.2, -0.15) is 0 Å². The molecule has 0 radical (unpaired) electrons. The zero-order chi connectivity index (χ0) is 19.1. The van der Waals surface area contributed by atoms with Gasteiger partial charge in [-0.1, -0.05) is 61.0 Å². The van der Waals surface area contributed by atoms with Gasteiger partial charge in [0.25, 0.3) is 0 Å². The molecule has 0 spiro atoms. The third kappa shape index (κ3) is 4.85. The highest BCUT2D eigenvalue weighted by Crippen LogP contribution is 2.20. The summed E-state index contributed by atoms with van der Waals surface area (Å²) in [6.45, 7) is 4.31. The van der Waals surface area contributed by atoms with Gasteiger partial charge in [0.2, 0.25) is 11.8 Å². The average molecular weight is 373 g/mol. The third-order valence-electron chi connectivity index (χ3n) is 4.53. The second-order valence-corrected chi connectivity index (χ2v) is 6.66. The van der Waals surface area contributed by atoms with Crippen molar-refractivity contribution in [1.29, 1.82) is 0 Å². The fraction of sp³-hybridized carbons (Fsp3) is 0.333. The molecule has 0 aromatic heterocycles. The van der Waals surface area contributed by atoms with Gasteiger partial charge in [0.05, 0.1) is 6.42 Å². The van der Waals surface area contributed by atoms with Crippen molar-refractivity contribution in [3.63, 3.8) is 0 Å². The van der Waals surface area contributed by atoms with Gasteiger partial charge < -0.3 is 10.2 Å². The van der Waals surface area contributed by atoms with E-state index in [-0.39, 0.29) is 18.2 Å². The summed E-state index contributed by atoms with van der Waals surface area (Å²) in [4.78, 5) is 27.1. The van der Waals surface area contributed by atoms with Crippen molar-refractivity contribution in [1.82, 2.24) is 10.2 Å². The number of halogens is 1. The SMILES string of the molecule is CC[C@@H](C(=O)NC)N(Cc1ccccc1C)C(=O)Cc1ccccc1Cl. The summed E-state index contributed by atoms with van der Waals surface area (Å²) in [5.41, 5.74) is 2.89. The van der Waals surface area contributed by atoms with Crippen LogP contribution < -0.4 is 5.32 Å². The first-order valence-electron chi connectivity index (χ1n) is 8.76. The topological polar surface area (TPSA) is 49.4 Å². The second kappa shape index (κ2) is 9.39. The van der Waals surface area contributed by atoms with Crippen LogP contribution >= 0.6 is 11.6 Å². The smallest absolute Gasteiger partial charge is 0.242 e. The molecule has 0 heterocycles. The maximum Gasteiger partial charge on any atom is 0.242 e. The Morgan fingerprint density at radius 3 is 2.27 bits per heavy atom. The Morgan fingerprint density at radius 2 is 1.69 bits per heavy atom. The van der Waals surface area contributed by atoms with E-state index in [1.165, 1.54) is 0 Å². The van der Waals surface area contributed by atoms with Gasteiger partial charge in [0.1, 0.15) is 6.04 Å². The molecular formula is C21H25ClN2O2. The van der Waals surface area contributed by atoms with E-state index in [2.05, 4.69) is 5.32 Å². The number of amides is 2. The monoisotopic (exact) mass is 372 g/mol. The Morgan fingerprint density at radius 1 is 1.08 bits per heavy atom. The molecule has 2 aromatic rings. The van der Waals surface area contributed by atoms with Crippen LogP contribution in [0.4, 0.5) is 0 Å². The molecule has 5 heteroatoms. The highest BCUT2D eigenvalue weighted by atomic mass is 35.5. The maximum atomic E-state index is 13.1. The molecule has 2 aromatic carbocycles. The van der Waals surface area contributed by atoms with Crippen LogP contribution in [0.5, 0.6) is 0 Å². The number of hydrogen-bond donors (Lipinski definition) is 1. The van der Waals surface area contributed by atoms with Crippen molar-refractivity contribution in [2.45, 2.75) is 39.3 Å². The molecule has 1 N–H and O–H groups in total. The second-order valence-electron chi connectivity index (χ2n) is 6.25. The Labute approximate surface area is 160 Å². The van der Waals surface area contributed by atoms with Crippen LogP contribution in [0.25, 0.3) is 0 Å². The molecule has 0 saturated heterocycles. The lowest BCUT2D eigenvalue weighted by atomic mass is 10.0. The van der Waals surface area contributed by atoms with Crippen molar-refractivity contribution in [2.24, 2.45) is 0 Å². The Hall–Kier alpha value is -2.33. The first-order valence-corrected chi connectivity index (χ1v) is 9.14. The normalized spacial score (nSPS) is 11.7. The zero-order valence-corrected chi connectivity index (χ0v) is 16.2. The van der Waals surface area contributed by atoms with Crippen molar-refractivity contribution in [3.05, 3.63) is 70.2 Å². The van der Waals surface area contributed by atoms with Gasteiger partial charge in [0, 0.05) is 18.6 Å². The van der Waals surface area contributed by atoms with Crippen LogP contribution in [0.2, 0.25) is 5.02 Å². The Bertz CT molecular complexity index is 776. The number of benzene rings is 2. The summed E-state index contributed by atoms with van der Waals surface area (Å²) in [5, 5.41) is 3.23. The van der Waals surface area contributed by atoms with E-state index < -0.39 is 6.04 Å². The van der Waals surface area contributed by atoms with E-state index >= 15 is 0 Å². The molecule has 2 rings (SSSR count). The van der Waals surface area contributed by atoms with Crippen LogP contribution in [-0.2, 0) is 22.6 Å². The minimum Gasteiger partial charge on any atom is -0.357 e. The van der Waals surface area contributed by atoms with Gasteiger partial charge in [0.15, 0.2) is 0 Å². The summed E-state index contributed by atoms with van der Waals surface area (Å²) < 4.78 is 0. The molecule has 0 unspecified atom stereocenters. The fourth-order valence-electron chi connectivity index (χ4n) is 2.96. The van der Waals surface area contributed by atoms with Crippen LogP contribution in [0.3, 0.4) is 0 Å². The molecule has 2 amide bonds. The highest BCUT2D eigenvalue weighted by Gasteiger charge is 2.28. The lowest BCUT2D eigenvalue weighted by Crippen LogP contribution is -2.48. The summed E-state index contributed by atoms with van der Waals surface area (Å²) in [7, 11) is 1.59. The van der Waals surface area contributed by atoms with Crippen molar-refractivity contribution in [2.75, 3.05) is 7.05 Å². The van der Waals surface area contributed by atoms with Gasteiger partial charge in [-0.3, -0.25) is 9.59 Å².